The summed E-state index contributed by atoms with van der Waals surface area (Å²) in [5, 5.41) is 9.90. The van der Waals surface area contributed by atoms with Crippen molar-refractivity contribution in [1.82, 2.24) is 10.6 Å². The van der Waals surface area contributed by atoms with Gasteiger partial charge in [-0.1, -0.05) is 22.0 Å². The molecule has 3 amide bonds. The molecule has 0 bridgehead atoms. The molecule has 1 unspecified atom stereocenters. The summed E-state index contributed by atoms with van der Waals surface area (Å²) >= 11 is 4.78. The Hall–Kier alpha value is -2.19. The Kier molecular flexibility index (Phi) is 7.15. The van der Waals surface area contributed by atoms with Gasteiger partial charge in [-0.3, -0.25) is 14.4 Å². The first-order valence-corrected chi connectivity index (χ1v) is 9.24. The molecule has 6 nitrogen and oxygen atoms in total. The van der Waals surface area contributed by atoms with Gasteiger partial charge in [-0.25, -0.2) is 0 Å². The summed E-state index contributed by atoms with van der Waals surface area (Å²) in [4.78, 5) is 36.2. The first kappa shape index (κ1) is 19.1. The third-order valence-corrected chi connectivity index (χ3v) is 4.74. The lowest BCUT2D eigenvalue weighted by Gasteiger charge is -2.16. The van der Waals surface area contributed by atoms with Crippen LogP contribution in [0.15, 0.2) is 46.3 Å². The number of hydrogen-bond donors (Lipinski definition) is 3. The highest BCUT2D eigenvalue weighted by molar-refractivity contribution is 9.10. The maximum Gasteiger partial charge on any atom is 0.243 e. The van der Waals surface area contributed by atoms with Crippen LogP contribution in [0, 0.1) is 0 Å². The molecule has 25 heavy (non-hydrogen) atoms. The molecule has 132 valence electrons. The molecule has 1 heterocycles. The second kappa shape index (κ2) is 9.33. The van der Waals surface area contributed by atoms with Gasteiger partial charge in [-0.05, 0) is 35.7 Å². The monoisotopic (exact) mass is 423 g/mol. The zero-order valence-corrected chi connectivity index (χ0v) is 15.9. The molecule has 2 rings (SSSR count). The molecule has 0 spiro atoms. The van der Waals surface area contributed by atoms with Crippen LogP contribution >= 0.6 is 27.3 Å². The molecule has 0 aliphatic rings. The molecule has 0 aliphatic carbocycles. The third-order valence-electron chi connectivity index (χ3n) is 3.23. The molecule has 1 aromatic carbocycles. The number of rotatable bonds is 7. The number of anilines is 1. The molecule has 0 saturated carbocycles. The van der Waals surface area contributed by atoms with E-state index in [9.17, 15) is 14.4 Å². The first-order valence-electron chi connectivity index (χ1n) is 7.56. The van der Waals surface area contributed by atoms with Crippen molar-refractivity contribution in [3.63, 3.8) is 0 Å². The molecule has 1 atom stereocenters. The third kappa shape index (κ3) is 6.67. The summed E-state index contributed by atoms with van der Waals surface area (Å²) in [6.45, 7) is 1.27. The minimum Gasteiger partial charge on any atom is -0.348 e. The van der Waals surface area contributed by atoms with Crippen molar-refractivity contribution in [2.24, 2.45) is 0 Å². The van der Waals surface area contributed by atoms with Crippen molar-refractivity contribution in [3.8, 4) is 0 Å². The molecule has 1 aromatic heterocycles. The Morgan fingerprint density at radius 2 is 1.84 bits per heavy atom. The van der Waals surface area contributed by atoms with E-state index in [1.54, 1.807) is 12.1 Å². The normalized spacial score (nSPS) is 11.4. The average molecular weight is 424 g/mol. The minimum absolute atomic E-state index is 0.0751. The summed E-state index contributed by atoms with van der Waals surface area (Å²) in [6.07, 6.45) is 0.0751. The Morgan fingerprint density at radius 1 is 1.12 bits per heavy atom. The summed E-state index contributed by atoms with van der Waals surface area (Å²) in [5.74, 6) is -0.833. The van der Waals surface area contributed by atoms with Crippen LogP contribution in [-0.2, 0) is 14.4 Å². The quantitative estimate of drug-likeness (QED) is 0.639. The van der Waals surface area contributed by atoms with Gasteiger partial charge in [0.05, 0.1) is 19.0 Å². The van der Waals surface area contributed by atoms with Gasteiger partial charge in [-0.2, -0.15) is 0 Å². The van der Waals surface area contributed by atoms with Gasteiger partial charge in [0.25, 0.3) is 0 Å². The van der Waals surface area contributed by atoms with Crippen molar-refractivity contribution in [1.29, 1.82) is 0 Å². The van der Waals surface area contributed by atoms with Crippen molar-refractivity contribution >= 4 is 50.7 Å². The predicted octanol–water partition coefficient (Wildman–Crippen LogP) is 2.83. The van der Waals surface area contributed by atoms with E-state index in [0.29, 0.717) is 5.69 Å². The number of nitrogens with one attached hydrogen (secondary N) is 3. The highest BCUT2D eigenvalue weighted by atomic mass is 79.9. The summed E-state index contributed by atoms with van der Waals surface area (Å²) < 4.78 is 0.913. The topological polar surface area (TPSA) is 87.3 Å². The molecule has 0 fully saturated rings. The molecular weight excluding hydrogens is 406 g/mol. The largest absolute Gasteiger partial charge is 0.348 e. The lowest BCUT2D eigenvalue weighted by atomic mass is 10.1. The standard InChI is InChI=1S/C17H18BrN3O3S/c1-11(22)20-14(15-3-2-8-25-15)9-16(23)19-10-17(24)21-13-6-4-12(18)5-7-13/h2-8,14H,9-10H2,1H3,(H,19,23)(H,20,22)(H,21,24). The molecule has 8 heteroatoms. The van der Waals surface area contributed by atoms with Crippen LogP contribution in [-0.4, -0.2) is 24.3 Å². The van der Waals surface area contributed by atoms with E-state index >= 15 is 0 Å². The van der Waals surface area contributed by atoms with E-state index in [2.05, 4.69) is 31.9 Å². The molecule has 0 aliphatic heterocycles. The van der Waals surface area contributed by atoms with Crippen LogP contribution in [0.2, 0.25) is 0 Å². The maximum atomic E-state index is 12.1. The van der Waals surface area contributed by atoms with E-state index in [1.165, 1.54) is 18.3 Å². The van der Waals surface area contributed by atoms with Crippen LogP contribution in [0.3, 0.4) is 0 Å². The Labute approximate surface area is 158 Å². The lowest BCUT2D eigenvalue weighted by Crippen LogP contribution is -2.36. The number of benzene rings is 1. The van der Waals surface area contributed by atoms with Crippen molar-refractivity contribution in [3.05, 3.63) is 51.1 Å². The van der Waals surface area contributed by atoms with Crippen molar-refractivity contribution in [2.45, 2.75) is 19.4 Å². The van der Waals surface area contributed by atoms with Crippen LogP contribution in [0.4, 0.5) is 5.69 Å². The smallest absolute Gasteiger partial charge is 0.243 e. The van der Waals surface area contributed by atoms with E-state index in [1.807, 2.05) is 29.6 Å². The minimum atomic E-state index is -0.396. The highest BCUT2D eigenvalue weighted by Gasteiger charge is 2.18. The molecule has 0 radical (unpaired) electrons. The predicted molar refractivity (Wildman–Crippen MR) is 101 cm³/mol. The van der Waals surface area contributed by atoms with E-state index < -0.39 is 6.04 Å². The second-order valence-corrected chi connectivity index (χ2v) is 7.20. The first-order chi connectivity index (χ1) is 11.9. The van der Waals surface area contributed by atoms with Crippen LogP contribution in [0.5, 0.6) is 0 Å². The summed E-state index contributed by atoms with van der Waals surface area (Å²) in [7, 11) is 0. The van der Waals surface area contributed by atoms with Crippen molar-refractivity contribution < 1.29 is 14.4 Å². The number of carbonyl (C=O) groups is 3. The van der Waals surface area contributed by atoms with Crippen LogP contribution in [0.1, 0.15) is 24.3 Å². The zero-order valence-electron chi connectivity index (χ0n) is 13.5. The van der Waals surface area contributed by atoms with E-state index in [4.69, 9.17) is 0 Å². The number of halogens is 1. The SMILES string of the molecule is CC(=O)NC(CC(=O)NCC(=O)Nc1ccc(Br)cc1)c1cccs1. The Balaban J connectivity index is 1.82. The fraction of sp³-hybridized carbons (Fsp3) is 0.235. The summed E-state index contributed by atoms with van der Waals surface area (Å²) in [5.41, 5.74) is 0.650. The summed E-state index contributed by atoms with van der Waals surface area (Å²) in [6, 6.07) is 10.5. The Morgan fingerprint density at radius 3 is 2.44 bits per heavy atom. The zero-order chi connectivity index (χ0) is 18.2. The van der Waals surface area contributed by atoms with Gasteiger partial charge in [0.1, 0.15) is 0 Å². The van der Waals surface area contributed by atoms with E-state index in [0.717, 1.165) is 9.35 Å². The van der Waals surface area contributed by atoms with Crippen LogP contribution < -0.4 is 16.0 Å². The van der Waals surface area contributed by atoms with Gasteiger partial charge >= 0.3 is 0 Å². The van der Waals surface area contributed by atoms with Crippen LogP contribution in [0.25, 0.3) is 0 Å². The lowest BCUT2D eigenvalue weighted by molar-refractivity contribution is -0.125. The number of thiophene rings is 1. The number of hydrogen-bond acceptors (Lipinski definition) is 4. The number of carbonyl (C=O) groups excluding carboxylic acids is 3. The van der Waals surface area contributed by atoms with Gasteiger partial charge in [0, 0.05) is 22.0 Å². The van der Waals surface area contributed by atoms with Gasteiger partial charge in [0.15, 0.2) is 0 Å². The molecular formula is C17H18BrN3O3S. The fourth-order valence-corrected chi connectivity index (χ4v) is 3.17. The van der Waals surface area contributed by atoms with E-state index in [-0.39, 0.29) is 30.7 Å². The molecule has 3 N–H and O–H groups in total. The second-order valence-electron chi connectivity index (χ2n) is 5.30. The molecule has 2 aromatic rings. The van der Waals surface area contributed by atoms with Gasteiger partial charge in [-0.15, -0.1) is 11.3 Å². The van der Waals surface area contributed by atoms with Crippen molar-refractivity contribution in [2.75, 3.05) is 11.9 Å². The fourth-order valence-electron chi connectivity index (χ4n) is 2.13. The van der Waals surface area contributed by atoms with Gasteiger partial charge < -0.3 is 16.0 Å². The molecule has 0 saturated heterocycles. The van der Waals surface area contributed by atoms with Gasteiger partial charge in [0.2, 0.25) is 17.7 Å². The Bertz CT molecular complexity index is 732. The highest BCUT2D eigenvalue weighted by Crippen LogP contribution is 2.21. The number of amides is 3. The maximum absolute atomic E-state index is 12.1. The average Bonchev–Trinajstić information content (AvgIpc) is 3.08.